The average Bonchev–Trinajstić information content (AvgIpc) is 3.54. The predicted octanol–water partition coefficient (Wildman–Crippen LogP) is 12.1. The van der Waals surface area contributed by atoms with Crippen LogP contribution in [0.2, 0.25) is 0 Å². The van der Waals surface area contributed by atoms with E-state index in [0.29, 0.717) is 5.84 Å². The number of furan rings is 1. The molecule has 232 valence electrons. The van der Waals surface area contributed by atoms with E-state index in [1.165, 1.54) is 27.5 Å². The summed E-state index contributed by atoms with van der Waals surface area (Å²) in [6.45, 7) is 0. The molecule has 1 aliphatic rings. The predicted molar refractivity (Wildman–Crippen MR) is 205 cm³/mol. The Bertz CT molecular complexity index is 2580. The largest absolute Gasteiger partial charge is 0.455 e. The third kappa shape index (κ3) is 5.46. The van der Waals surface area contributed by atoms with Crippen molar-refractivity contribution in [1.29, 1.82) is 0 Å². The maximum Gasteiger partial charge on any atom is 0.160 e. The number of amidine groups is 1. The lowest BCUT2D eigenvalue weighted by atomic mass is 9.96. The molecule has 0 spiro atoms. The second-order valence-corrected chi connectivity index (χ2v) is 12.5. The summed E-state index contributed by atoms with van der Waals surface area (Å²) in [6, 6.07) is 57.4. The molecule has 0 saturated heterocycles. The van der Waals surface area contributed by atoms with Crippen LogP contribution < -0.4 is 0 Å². The molecule has 0 unspecified atom stereocenters. The zero-order chi connectivity index (χ0) is 32.6. The van der Waals surface area contributed by atoms with Crippen molar-refractivity contribution in [3.63, 3.8) is 0 Å². The second-order valence-electron chi connectivity index (χ2n) is 12.5. The molecule has 2 heterocycles. The molecule has 9 rings (SSSR count). The topological polar surface area (TPSA) is 37.9 Å². The van der Waals surface area contributed by atoms with Crippen LogP contribution in [0.1, 0.15) is 29.5 Å². The fraction of sp³-hybridized carbons (Fsp3) is 0.0435. The Morgan fingerprint density at radius 2 is 1.08 bits per heavy atom. The first-order valence-electron chi connectivity index (χ1n) is 16.8. The van der Waals surface area contributed by atoms with Gasteiger partial charge < -0.3 is 4.42 Å². The van der Waals surface area contributed by atoms with E-state index in [0.717, 1.165) is 68.4 Å². The zero-order valence-corrected chi connectivity index (χ0v) is 26.9. The molecule has 0 amide bonds. The molecule has 0 saturated carbocycles. The number of rotatable bonds is 5. The van der Waals surface area contributed by atoms with Crippen LogP contribution in [0.25, 0.3) is 60.7 Å². The van der Waals surface area contributed by atoms with Crippen LogP contribution in [-0.2, 0) is 0 Å². The second kappa shape index (κ2) is 12.4. The quantitative estimate of drug-likeness (QED) is 0.187. The number of para-hydroxylation sites is 2. The van der Waals surface area contributed by atoms with E-state index < -0.39 is 0 Å². The Morgan fingerprint density at radius 1 is 0.449 bits per heavy atom. The average molecular weight is 629 g/mol. The molecular formula is C46H32N2O. The third-order valence-corrected chi connectivity index (χ3v) is 9.41. The van der Waals surface area contributed by atoms with E-state index in [9.17, 15) is 0 Å². The smallest absolute Gasteiger partial charge is 0.160 e. The van der Waals surface area contributed by atoms with E-state index in [4.69, 9.17) is 14.4 Å². The van der Waals surface area contributed by atoms with E-state index in [1.807, 2.05) is 18.2 Å². The Balaban J connectivity index is 1.19. The SMILES string of the molecule is C1=C(c2cccc3c2oc2ccccc23)N=C(c2cccc(-c3cccc4ccccc34)c2)N=C(c2ccc(-c3ccccc3)cc2)CC1. The lowest BCUT2D eigenvalue weighted by Gasteiger charge is -2.15. The lowest BCUT2D eigenvalue weighted by molar-refractivity contribution is 0.667. The normalized spacial score (nSPS) is 13.5. The van der Waals surface area contributed by atoms with Gasteiger partial charge in [-0.3, -0.25) is 0 Å². The van der Waals surface area contributed by atoms with Gasteiger partial charge in [0.1, 0.15) is 11.2 Å². The molecule has 0 atom stereocenters. The standard InChI is InChI=1S/C46H32N2O/c1-2-12-31(13-3-1)32-26-28-34(29-27-32)42-23-11-24-43(41-22-10-21-40-39-19-6-7-25-44(39)49-45(40)41)48-46(47-42)36-17-8-16-35(30-36)38-20-9-15-33-14-4-5-18-37(33)38/h1-10,12-22,24-30H,11,23H2. The van der Waals surface area contributed by atoms with E-state index in [2.05, 4.69) is 152 Å². The number of hydrogen-bond acceptors (Lipinski definition) is 3. The van der Waals surface area contributed by atoms with Crippen LogP contribution in [0.3, 0.4) is 0 Å². The van der Waals surface area contributed by atoms with Crippen molar-refractivity contribution in [3.05, 3.63) is 187 Å². The minimum Gasteiger partial charge on any atom is -0.455 e. The molecule has 0 bridgehead atoms. The summed E-state index contributed by atoms with van der Waals surface area (Å²) >= 11 is 0. The Hall–Kier alpha value is -6.32. The van der Waals surface area contributed by atoms with Crippen LogP contribution >= 0.6 is 0 Å². The van der Waals surface area contributed by atoms with Gasteiger partial charge in [0.15, 0.2) is 5.84 Å². The maximum atomic E-state index is 6.46. The minimum absolute atomic E-state index is 0.684. The van der Waals surface area contributed by atoms with Gasteiger partial charge in [0.25, 0.3) is 0 Å². The van der Waals surface area contributed by atoms with Gasteiger partial charge in [-0.05, 0) is 69.6 Å². The first-order valence-corrected chi connectivity index (χ1v) is 16.8. The minimum atomic E-state index is 0.684. The molecule has 1 aromatic heterocycles. The van der Waals surface area contributed by atoms with E-state index in [-0.39, 0.29) is 0 Å². The number of fused-ring (bicyclic) bond motifs is 4. The Kier molecular flexibility index (Phi) is 7.29. The monoisotopic (exact) mass is 628 g/mol. The summed E-state index contributed by atoms with van der Waals surface area (Å²) < 4.78 is 6.46. The molecule has 49 heavy (non-hydrogen) atoms. The van der Waals surface area contributed by atoms with Crippen molar-refractivity contribution in [1.82, 2.24) is 0 Å². The molecule has 8 aromatic rings. The number of benzene rings is 7. The van der Waals surface area contributed by atoms with Gasteiger partial charge in [-0.15, -0.1) is 0 Å². The van der Waals surface area contributed by atoms with Gasteiger partial charge in [0.2, 0.25) is 0 Å². The Labute approximate surface area is 285 Å². The van der Waals surface area contributed by atoms with Crippen LogP contribution in [0, 0.1) is 0 Å². The van der Waals surface area contributed by atoms with E-state index >= 15 is 0 Å². The highest BCUT2D eigenvalue weighted by Crippen LogP contribution is 2.36. The van der Waals surface area contributed by atoms with Crippen molar-refractivity contribution >= 4 is 50.0 Å². The molecule has 0 radical (unpaired) electrons. The fourth-order valence-electron chi connectivity index (χ4n) is 6.96. The van der Waals surface area contributed by atoms with Crippen molar-refractivity contribution in [2.75, 3.05) is 0 Å². The maximum absolute atomic E-state index is 6.46. The summed E-state index contributed by atoms with van der Waals surface area (Å²) in [5.74, 6) is 0.684. The van der Waals surface area contributed by atoms with Gasteiger partial charge in [-0.25, -0.2) is 9.98 Å². The number of allylic oxidation sites excluding steroid dienone is 1. The summed E-state index contributed by atoms with van der Waals surface area (Å²) in [5.41, 5.74) is 11.4. The van der Waals surface area contributed by atoms with Crippen molar-refractivity contribution in [2.45, 2.75) is 12.8 Å². The van der Waals surface area contributed by atoms with Crippen molar-refractivity contribution in [2.24, 2.45) is 9.98 Å². The van der Waals surface area contributed by atoms with Gasteiger partial charge in [-0.1, -0.05) is 152 Å². The molecular weight excluding hydrogens is 597 g/mol. The first kappa shape index (κ1) is 28.9. The number of aliphatic imine (C=N–C) groups is 2. The van der Waals surface area contributed by atoms with Crippen molar-refractivity contribution < 1.29 is 4.42 Å². The molecule has 3 heteroatoms. The number of hydrogen-bond donors (Lipinski definition) is 0. The molecule has 0 fully saturated rings. The summed E-state index contributed by atoms with van der Waals surface area (Å²) in [4.78, 5) is 10.7. The van der Waals surface area contributed by atoms with E-state index in [1.54, 1.807) is 0 Å². The summed E-state index contributed by atoms with van der Waals surface area (Å²) in [7, 11) is 0. The highest BCUT2D eigenvalue weighted by atomic mass is 16.3. The van der Waals surface area contributed by atoms with Gasteiger partial charge in [0, 0.05) is 21.9 Å². The molecule has 1 aliphatic heterocycles. The third-order valence-electron chi connectivity index (χ3n) is 9.41. The highest BCUT2D eigenvalue weighted by Gasteiger charge is 2.18. The summed E-state index contributed by atoms with van der Waals surface area (Å²) in [6.07, 6.45) is 3.83. The van der Waals surface area contributed by atoms with Crippen LogP contribution in [-0.4, -0.2) is 11.5 Å². The molecule has 3 nitrogen and oxygen atoms in total. The summed E-state index contributed by atoms with van der Waals surface area (Å²) in [5, 5.41) is 4.64. The molecule has 0 N–H and O–H groups in total. The van der Waals surface area contributed by atoms with Gasteiger partial charge in [0.05, 0.1) is 11.4 Å². The van der Waals surface area contributed by atoms with Gasteiger partial charge in [-0.2, -0.15) is 0 Å². The van der Waals surface area contributed by atoms with Crippen LogP contribution in [0.4, 0.5) is 0 Å². The highest BCUT2D eigenvalue weighted by molar-refractivity contribution is 6.15. The van der Waals surface area contributed by atoms with Gasteiger partial charge >= 0.3 is 0 Å². The van der Waals surface area contributed by atoms with Crippen LogP contribution in [0.15, 0.2) is 184 Å². The number of nitrogens with zero attached hydrogens (tertiary/aromatic N) is 2. The molecule has 0 aliphatic carbocycles. The Morgan fingerprint density at radius 3 is 1.98 bits per heavy atom. The zero-order valence-electron chi connectivity index (χ0n) is 26.9. The van der Waals surface area contributed by atoms with Crippen LogP contribution in [0.5, 0.6) is 0 Å². The first-order chi connectivity index (χ1) is 24.3. The van der Waals surface area contributed by atoms with Crippen molar-refractivity contribution in [3.8, 4) is 22.3 Å². The fourth-order valence-corrected chi connectivity index (χ4v) is 6.96. The molecule has 7 aromatic carbocycles. The lowest BCUT2D eigenvalue weighted by Crippen LogP contribution is -2.09.